The first-order valence-electron chi connectivity index (χ1n) is 11.4. The fourth-order valence-corrected chi connectivity index (χ4v) is 5.18. The molecule has 0 radical (unpaired) electrons. The van der Waals surface area contributed by atoms with Crippen LogP contribution in [0.15, 0.2) is 66.7 Å². The molecule has 0 unspecified atom stereocenters. The predicted molar refractivity (Wildman–Crippen MR) is 138 cm³/mol. The number of benzene rings is 3. The summed E-state index contributed by atoms with van der Waals surface area (Å²) in [5.74, 6) is 0. The maximum atomic E-state index is 11.8. The molecule has 1 aliphatic rings. The molecule has 1 aliphatic carbocycles. The van der Waals surface area contributed by atoms with Crippen LogP contribution in [0.1, 0.15) is 32.1 Å². The smallest absolute Gasteiger partial charge is 0.229 e. The van der Waals surface area contributed by atoms with Crippen LogP contribution >= 0.6 is 0 Å². The van der Waals surface area contributed by atoms with E-state index in [0.717, 1.165) is 51.7 Å². The van der Waals surface area contributed by atoms with Gasteiger partial charge in [-0.2, -0.15) is 0 Å². The number of para-hydroxylation sites is 2. The van der Waals surface area contributed by atoms with E-state index in [0.29, 0.717) is 11.7 Å². The summed E-state index contributed by atoms with van der Waals surface area (Å²) >= 11 is 0. The predicted octanol–water partition coefficient (Wildman–Crippen LogP) is 6.25. The van der Waals surface area contributed by atoms with E-state index in [1.54, 1.807) is 6.07 Å². The number of aromatic nitrogens is 1. The zero-order chi connectivity index (χ0) is 22.8. The number of anilines is 4. The molecule has 0 saturated heterocycles. The van der Waals surface area contributed by atoms with Crippen LogP contribution in [0.5, 0.6) is 0 Å². The Bertz CT molecular complexity index is 1360. The molecular formula is C26H28N4O2S. The lowest BCUT2D eigenvalue weighted by atomic mass is 9.95. The van der Waals surface area contributed by atoms with Crippen molar-refractivity contribution in [1.29, 1.82) is 0 Å². The van der Waals surface area contributed by atoms with Crippen molar-refractivity contribution >= 4 is 54.6 Å². The zero-order valence-corrected chi connectivity index (χ0v) is 19.5. The average molecular weight is 461 g/mol. The lowest BCUT2D eigenvalue weighted by Gasteiger charge is -2.26. The van der Waals surface area contributed by atoms with Crippen LogP contribution in [0.2, 0.25) is 0 Å². The molecular weight excluding hydrogens is 432 g/mol. The number of sulfonamides is 1. The summed E-state index contributed by atoms with van der Waals surface area (Å²) in [5, 5.41) is 9.42. The minimum Gasteiger partial charge on any atom is -0.381 e. The van der Waals surface area contributed by atoms with Gasteiger partial charge in [-0.05, 0) is 43.2 Å². The number of nitrogens with zero attached hydrogens (tertiary/aromatic N) is 1. The number of pyridine rings is 1. The largest absolute Gasteiger partial charge is 0.381 e. The van der Waals surface area contributed by atoms with Crippen molar-refractivity contribution in [2.24, 2.45) is 0 Å². The van der Waals surface area contributed by atoms with Crippen molar-refractivity contribution in [1.82, 2.24) is 4.98 Å². The quantitative estimate of drug-likeness (QED) is 0.296. The van der Waals surface area contributed by atoms with Gasteiger partial charge in [-0.3, -0.25) is 4.72 Å². The summed E-state index contributed by atoms with van der Waals surface area (Å²) < 4.78 is 26.2. The van der Waals surface area contributed by atoms with Crippen molar-refractivity contribution in [3.05, 3.63) is 66.7 Å². The number of nitrogens with one attached hydrogen (secondary N) is 3. The molecule has 3 N–H and O–H groups in total. The lowest BCUT2D eigenvalue weighted by molar-refractivity contribution is 0.463. The summed E-state index contributed by atoms with van der Waals surface area (Å²) in [6, 6.07) is 22.2. The first-order chi connectivity index (χ1) is 16.0. The van der Waals surface area contributed by atoms with Crippen molar-refractivity contribution in [2.75, 3.05) is 21.6 Å². The fourth-order valence-electron chi connectivity index (χ4n) is 4.63. The van der Waals surface area contributed by atoms with Crippen molar-refractivity contribution in [2.45, 2.75) is 38.1 Å². The third-order valence-corrected chi connectivity index (χ3v) is 6.74. The minimum atomic E-state index is -3.36. The van der Waals surface area contributed by atoms with Crippen LogP contribution in [0, 0.1) is 0 Å². The zero-order valence-electron chi connectivity index (χ0n) is 18.6. The van der Waals surface area contributed by atoms with Crippen molar-refractivity contribution in [3.8, 4) is 0 Å². The number of fused-ring (bicyclic) bond motifs is 2. The molecule has 7 heteroatoms. The van der Waals surface area contributed by atoms with Gasteiger partial charge in [0.05, 0.1) is 40.0 Å². The molecule has 1 fully saturated rings. The van der Waals surface area contributed by atoms with Gasteiger partial charge in [0.15, 0.2) is 0 Å². The molecule has 0 bridgehead atoms. The van der Waals surface area contributed by atoms with Gasteiger partial charge in [0.25, 0.3) is 0 Å². The molecule has 1 aromatic heterocycles. The molecule has 0 amide bonds. The molecule has 0 aliphatic heterocycles. The topological polar surface area (TPSA) is 83.1 Å². The molecule has 0 atom stereocenters. The van der Waals surface area contributed by atoms with E-state index in [2.05, 4.69) is 27.5 Å². The van der Waals surface area contributed by atoms with E-state index in [4.69, 9.17) is 4.98 Å². The second-order valence-electron chi connectivity index (χ2n) is 8.76. The summed E-state index contributed by atoms with van der Waals surface area (Å²) in [4.78, 5) is 4.82. The maximum absolute atomic E-state index is 11.8. The Kier molecular flexibility index (Phi) is 5.81. The fraction of sp³-hybridized carbons (Fsp3) is 0.269. The van der Waals surface area contributed by atoms with E-state index in [-0.39, 0.29) is 0 Å². The highest BCUT2D eigenvalue weighted by Gasteiger charge is 2.17. The van der Waals surface area contributed by atoms with E-state index in [1.165, 1.54) is 25.5 Å². The van der Waals surface area contributed by atoms with Crippen LogP contribution in [0.3, 0.4) is 0 Å². The summed E-state index contributed by atoms with van der Waals surface area (Å²) in [5.41, 5.74) is 5.19. The third-order valence-electron chi connectivity index (χ3n) is 6.13. The van der Waals surface area contributed by atoms with Gasteiger partial charge < -0.3 is 10.6 Å². The van der Waals surface area contributed by atoms with E-state index >= 15 is 0 Å². The van der Waals surface area contributed by atoms with Crippen molar-refractivity contribution < 1.29 is 8.42 Å². The monoisotopic (exact) mass is 460 g/mol. The molecule has 170 valence electrons. The van der Waals surface area contributed by atoms with Gasteiger partial charge in [-0.1, -0.05) is 55.7 Å². The Morgan fingerprint density at radius 3 is 2.09 bits per heavy atom. The molecule has 4 aromatic rings. The second-order valence-corrected chi connectivity index (χ2v) is 10.5. The Morgan fingerprint density at radius 1 is 0.818 bits per heavy atom. The summed E-state index contributed by atoms with van der Waals surface area (Å²) in [6.07, 6.45) is 7.09. The summed E-state index contributed by atoms with van der Waals surface area (Å²) in [7, 11) is -3.36. The highest BCUT2D eigenvalue weighted by atomic mass is 32.2. The molecule has 3 aromatic carbocycles. The third kappa shape index (κ3) is 4.88. The highest BCUT2D eigenvalue weighted by Crippen LogP contribution is 2.37. The first kappa shape index (κ1) is 21.5. The van der Waals surface area contributed by atoms with E-state index in [9.17, 15) is 8.42 Å². The highest BCUT2D eigenvalue weighted by molar-refractivity contribution is 7.92. The van der Waals surface area contributed by atoms with Gasteiger partial charge in [-0.25, -0.2) is 13.4 Å². The molecule has 0 spiro atoms. The second kappa shape index (κ2) is 8.90. The SMILES string of the molecule is CS(=O)(=O)Nc1ccc(Nc2c3ccccc3nc3ccccc23)c(NC2CCCCC2)c1. The Hall–Kier alpha value is -3.32. The standard InChI is InChI=1S/C26H28N4O2S/c1-33(31,32)30-19-15-16-24(25(17-19)27-18-9-3-2-4-10-18)29-26-20-11-5-7-13-22(20)28-23-14-8-6-12-21(23)26/h5-8,11-18,27,30H,2-4,9-10H2,1H3,(H,28,29). The average Bonchev–Trinajstić information content (AvgIpc) is 2.80. The van der Waals surface area contributed by atoms with E-state index < -0.39 is 10.0 Å². The van der Waals surface area contributed by atoms with Crippen LogP contribution in [0.25, 0.3) is 21.8 Å². The van der Waals surface area contributed by atoms with Crippen LogP contribution < -0.4 is 15.4 Å². The Labute approximate surface area is 194 Å². The first-order valence-corrected chi connectivity index (χ1v) is 13.3. The lowest BCUT2D eigenvalue weighted by Crippen LogP contribution is -2.23. The number of hydrogen-bond donors (Lipinski definition) is 3. The van der Waals surface area contributed by atoms with Gasteiger partial charge in [0.1, 0.15) is 0 Å². The number of rotatable bonds is 6. The van der Waals surface area contributed by atoms with Gasteiger partial charge in [0, 0.05) is 16.8 Å². The Morgan fingerprint density at radius 2 is 1.45 bits per heavy atom. The number of hydrogen-bond acceptors (Lipinski definition) is 5. The van der Waals surface area contributed by atoms with Gasteiger partial charge >= 0.3 is 0 Å². The minimum absolute atomic E-state index is 0.374. The molecule has 5 rings (SSSR count). The molecule has 33 heavy (non-hydrogen) atoms. The van der Waals surface area contributed by atoms with Crippen LogP contribution in [-0.2, 0) is 10.0 Å². The van der Waals surface area contributed by atoms with Gasteiger partial charge in [0.2, 0.25) is 10.0 Å². The molecule has 1 heterocycles. The molecule has 1 saturated carbocycles. The van der Waals surface area contributed by atoms with E-state index in [1.807, 2.05) is 48.5 Å². The molecule has 6 nitrogen and oxygen atoms in total. The van der Waals surface area contributed by atoms with Gasteiger partial charge in [-0.15, -0.1) is 0 Å². The van der Waals surface area contributed by atoms with Crippen molar-refractivity contribution in [3.63, 3.8) is 0 Å². The maximum Gasteiger partial charge on any atom is 0.229 e. The Balaban J connectivity index is 1.60. The summed E-state index contributed by atoms with van der Waals surface area (Å²) in [6.45, 7) is 0. The van der Waals surface area contributed by atoms with Crippen LogP contribution in [-0.4, -0.2) is 25.7 Å². The normalized spacial score (nSPS) is 14.9. The van der Waals surface area contributed by atoms with Crippen LogP contribution in [0.4, 0.5) is 22.7 Å².